The van der Waals surface area contributed by atoms with Gasteiger partial charge in [-0.15, -0.1) is 0 Å². The van der Waals surface area contributed by atoms with Crippen molar-refractivity contribution in [2.24, 2.45) is 28.6 Å². The van der Waals surface area contributed by atoms with E-state index in [2.05, 4.69) is 27.7 Å². The van der Waals surface area contributed by atoms with E-state index in [1.807, 2.05) is 6.08 Å². The maximum absolute atomic E-state index is 12.5. The highest BCUT2D eigenvalue weighted by Gasteiger charge is 2.64. The van der Waals surface area contributed by atoms with E-state index in [4.69, 9.17) is 9.47 Å². The van der Waals surface area contributed by atoms with Crippen molar-refractivity contribution in [1.82, 2.24) is 0 Å². The summed E-state index contributed by atoms with van der Waals surface area (Å²) in [7, 11) is 0. The van der Waals surface area contributed by atoms with E-state index in [1.54, 1.807) is 0 Å². The van der Waals surface area contributed by atoms with Crippen molar-refractivity contribution in [1.29, 1.82) is 0 Å². The Balaban J connectivity index is 1.76. The molecule has 0 aromatic carbocycles. The van der Waals surface area contributed by atoms with Gasteiger partial charge in [0.25, 0.3) is 0 Å². The van der Waals surface area contributed by atoms with Crippen LogP contribution in [0.4, 0.5) is 0 Å². The summed E-state index contributed by atoms with van der Waals surface area (Å²) in [5.41, 5.74) is 1.52. The Bertz CT molecular complexity index is 527. The van der Waals surface area contributed by atoms with Crippen LogP contribution in [-0.4, -0.2) is 24.8 Å². The first-order valence-electron chi connectivity index (χ1n) is 8.33. The van der Waals surface area contributed by atoms with E-state index in [-0.39, 0.29) is 16.7 Å². The zero-order valence-electron chi connectivity index (χ0n) is 13.6. The first kappa shape index (κ1) is 14.0. The normalized spacial score (nSPS) is 46.6. The smallest absolute Gasteiger partial charge is 0.169 e. The third kappa shape index (κ3) is 1.60. The number of carbonyl (C=O) groups is 1. The second-order valence-electron chi connectivity index (χ2n) is 8.37. The lowest BCUT2D eigenvalue weighted by molar-refractivity contribution is -0.198. The summed E-state index contributed by atoms with van der Waals surface area (Å²) in [5, 5.41) is 0. The predicted molar refractivity (Wildman–Crippen MR) is 79.6 cm³/mol. The van der Waals surface area contributed by atoms with Crippen molar-refractivity contribution in [3.8, 4) is 0 Å². The van der Waals surface area contributed by atoms with Crippen LogP contribution in [0.3, 0.4) is 0 Å². The van der Waals surface area contributed by atoms with Crippen LogP contribution >= 0.6 is 0 Å². The molecule has 0 aromatic heterocycles. The van der Waals surface area contributed by atoms with Gasteiger partial charge in [0.15, 0.2) is 11.6 Å². The Morgan fingerprint density at radius 2 is 1.76 bits per heavy atom. The summed E-state index contributed by atoms with van der Waals surface area (Å²) in [6.45, 7) is 10.3. The molecule has 116 valence electrons. The fraction of sp³-hybridized carbons (Fsp3) is 0.833. The first-order valence-corrected chi connectivity index (χ1v) is 8.33. The zero-order chi connectivity index (χ0) is 15.0. The van der Waals surface area contributed by atoms with Crippen LogP contribution in [0.5, 0.6) is 0 Å². The van der Waals surface area contributed by atoms with Crippen LogP contribution in [0.25, 0.3) is 0 Å². The molecule has 0 aromatic rings. The Morgan fingerprint density at radius 3 is 2.33 bits per heavy atom. The van der Waals surface area contributed by atoms with Crippen LogP contribution in [-0.2, 0) is 14.3 Å². The van der Waals surface area contributed by atoms with Crippen molar-refractivity contribution in [3.05, 3.63) is 11.6 Å². The van der Waals surface area contributed by atoms with Gasteiger partial charge in [-0.1, -0.05) is 26.3 Å². The number of hydrogen-bond donors (Lipinski definition) is 0. The molecule has 0 N–H and O–H groups in total. The van der Waals surface area contributed by atoms with Crippen LogP contribution in [0.15, 0.2) is 11.6 Å². The van der Waals surface area contributed by atoms with Gasteiger partial charge < -0.3 is 9.47 Å². The second-order valence-corrected chi connectivity index (χ2v) is 8.37. The summed E-state index contributed by atoms with van der Waals surface area (Å²) in [6.07, 6.45) is 5.34. The SMILES string of the molecule is CC1([C@H]2C[C@@H]3C(=CC(=O)[C@H]4CC[C@]43C)C2(C)C)OCCO1. The number of rotatable bonds is 1. The molecule has 1 heterocycles. The minimum atomic E-state index is -0.486. The van der Waals surface area contributed by atoms with Crippen molar-refractivity contribution in [3.63, 3.8) is 0 Å². The minimum absolute atomic E-state index is 0.0248. The molecule has 0 bridgehead atoms. The molecule has 0 spiro atoms. The van der Waals surface area contributed by atoms with Gasteiger partial charge in [-0.3, -0.25) is 4.79 Å². The molecule has 3 nitrogen and oxygen atoms in total. The van der Waals surface area contributed by atoms with Gasteiger partial charge in [-0.05, 0) is 49.0 Å². The maximum atomic E-state index is 12.5. The number of hydrogen-bond acceptors (Lipinski definition) is 3. The molecule has 0 unspecified atom stereocenters. The summed E-state index contributed by atoms with van der Waals surface area (Å²) in [4.78, 5) is 12.5. The Morgan fingerprint density at radius 1 is 1.10 bits per heavy atom. The lowest BCUT2D eigenvalue weighted by Gasteiger charge is -2.53. The van der Waals surface area contributed by atoms with Crippen molar-refractivity contribution >= 4 is 5.78 Å². The van der Waals surface area contributed by atoms with Crippen molar-refractivity contribution in [2.45, 2.75) is 52.7 Å². The lowest BCUT2D eigenvalue weighted by atomic mass is 9.49. The Hall–Kier alpha value is -0.670. The molecule has 3 heteroatoms. The second kappa shape index (κ2) is 3.99. The van der Waals surface area contributed by atoms with Gasteiger partial charge in [0.1, 0.15) is 0 Å². The highest BCUT2D eigenvalue weighted by molar-refractivity contribution is 5.95. The fourth-order valence-corrected chi connectivity index (χ4v) is 5.70. The summed E-state index contributed by atoms with van der Waals surface area (Å²) >= 11 is 0. The summed E-state index contributed by atoms with van der Waals surface area (Å²) in [5.74, 6) is 0.993. The molecule has 4 atom stereocenters. The molecule has 3 aliphatic carbocycles. The molecule has 21 heavy (non-hydrogen) atoms. The average molecular weight is 290 g/mol. The van der Waals surface area contributed by atoms with E-state index in [0.717, 1.165) is 12.8 Å². The molecule has 1 saturated heterocycles. The van der Waals surface area contributed by atoms with Gasteiger partial charge in [0.2, 0.25) is 0 Å². The van der Waals surface area contributed by atoms with Crippen molar-refractivity contribution in [2.75, 3.05) is 13.2 Å². The molecular weight excluding hydrogens is 264 g/mol. The van der Waals surface area contributed by atoms with Gasteiger partial charge >= 0.3 is 0 Å². The van der Waals surface area contributed by atoms with Gasteiger partial charge in [0.05, 0.1) is 13.2 Å². The van der Waals surface area contributed by atoms with E-state index in [9.17, 15) is 4.79 Å². The maximum Gasteiger partial charge on any atom is 0.169 e. The fourth-order valence-electron chi connectivity index (χ4n) is 5.70. The van der Waals surface area contributed by atoms with Crippen LogP contribution in [0, 0.1) is 28.6 Å². The molecule has 4 rings (SSSR count). The lowest BCUT2D eigenvalue weighted by Crippen LogP contribution is -2.50. The number of ketones is 1. The third-order valence-electron chi connectivity index (χ3n) is 7.16. The van der Waals surface area contributed by atoms with Crippen molar-refractivity contribution < 1.29 is 14.3 Å². The monoisotopic (exact) mass is 290 g/mol. The third-order valence-corrected chi connectivity index (χ3v) is 7.16. The highest BCUT2D eigenvalue weighted by atomic mass is 16.7. The summed E-state index contributed by atoms with van der Waals surface area (Å²) in [6, 6.07) is 0. The Kier molecular flexibility index (Phi) is 2.65. The number of fused-ring (bicyclic) bond motifs is 3. The quantitative estimate of drug-likeness (QED) is 0.743. The number of carbonyl (C=O) groups excluding carboxylic acids is 1. The largest absolute Gasteiger partial charge is 0.348 e. The van der Waals surface area contributed by atoms with E-state index >= 15 is 0 Å². The first-order chi connectivity index (χ1) is 9.79. The van der Waals surface area contributed by atoms with Crippen LogP contribution in [0.2, 0.25) is 0 Å². The van der Waals surface area contributed by atoms with Crippen LogP contribution in [0.1, 0.15) is 47.0 Å². The van der Waals surface area contributed by atoms with Gasteiger partial charge in [-0.25, -0.2) is 0 Å². The molecule has 2 saturated carbocycles. The van der Waals surface area contributed by atoms with Crippen LogP contribution < -0.4 is 0 Å². The minimum Gasteiger partial charge on any atom is -0.348 e. The van der Waals surface area contributed by atoms with E-state index in [1.165, 1.54) is 12.0 Å². The molecule has 1 aliphatic heterocycles. The van der Waals surface area contributed by atoms with Gasteiger partial charge in [-0.2, -0.15) is 0 Å². The average Bonchev–Trinajstić information content (AvgIpc) is 2.91. The molecular formula is C18H26O3. The Labute approximate surface area is 127 Å². The number of ether oxygens (including phenoxy) is 2. The standard InChI is InChI=1S/C18H26O3/c1-16(2)12-9-14(19)11-5-6-17(11,3)13(12)10-15(16)18(4)20-7-8-21-18/h9,11,13,15H,5-8,10H2,1-4H3/t11-,13-,15+,17-/m1/s1. The predicted octanol–water partition coefficient (Wildman–Crippen LogP) is 3.34. The molecule has 3 fully saturated rings. The van der Waals surface area contributed by atoms with E-state index < -0.39 is 5.79 Å². The van der Waals surface area contributed by atoms with Gasteiger partial charge in [0, 0.05) is 11.8 Å². The molecule has 4 aliphatic rings. The molecule has 0 radical (unpaired) electrons. The topological polar surface area (TPSA) is 35.5 Å². The van der Waals surface area contributed by atoms with E-state index in [0.29, 0.717) is 30.8 Å². The number of allylic oxidation sites excluding steroid dienone is 2. The highest BCUT2D eigenvalue weighted by Crippen LogP contribution is 2.67. The molecule has 0 amide bonds. The summed E-state index contributed by atoms with van der Waals surface area (Å²) < 4.78 is 11.9. The zero-order valence-corrected chi connectivity index (χ0v) is 13.6.